The first kappa shape index (κ1) is 39.0. The highest BCUT2D eigenvalue weighted by Crippen LogP contribution is 2.39. The molecule has 0 saturated heterocycles. The number of benzene rings is 4. The molecule has 0 radical (unpaired) electrons. The number of aliphatic carboxylic acids is 1. The average Bonchev–Trinajstić information content (AvgIpc) is 3.40. The van der Waals surface area contributed by atoms with Gasteiger partial charge in [0.2, 0.25) is 5.91 Å². The fraction of sp³-hybridized carbons (Fsp3) is 0.340. The number of pyridine rings is 1. The quantitative estimate of drug-likeness (QED) is 0.137. The summed E-state index contributed by atoms with van der Waals surface area (Å²) >= 11 is 12.2. The number of hydrogen-bond acceptors (Lipinski definition) is 6. The molecule has 4 aromatic carbocycles. The lowest BCUT2D eigenvalue weighted by Crippen LogP contribution is -2.58. The highest BCUT2D eigenvalue weighted by Gasteiger charge is 2.40. The van der Waals surface area contributed by atoms with Crippen molar-refractivity contribution in [1.29, 1.82) is 0 Å². The predicted octanol–water partition coefficient (Wildman–Crippen LogP) is 9.45. The van der Waals surface area contributed by atoms with E-state index in [0.717, 1.165) is 82.7 Å². The Bertz CT molecular complexity index is 2280. The highest BCUT2D eigenvalue weighted by atomic mass is 35.5. The minimum Gasteiger partial charge on any atom is -0.493 e. The van der Waals surface area contributed by atoms with Crippen LogP contribution in [0.2, 0.25) is 10.0 Å². The highest BCUT2D eigenvalue weighted by molar-refractivity contribution is 6.42. The van der Waals surface area contributed by atoms with Crippen LogP contribution in [0.4, 0.5) is 0 Å². The maximum atomic E-state index is 14.1. The Morgan fingerprint density at radius 2 is 1.67 bits per heavy atom. The summed E-state index contributed by atoms with van der Waals surface area (Å²) in [5, 5.41) is 14.2. The number of ether oxygens (including phenoxy) is 2. The molecule has 1 amide bonds. The van der Waals surface area contributed by atoms with Crippen LogP contribution >= 0.6 is 23.2 Å². The second-order valence-corrected chi connectivity index (χ2v) is 16.5. The van der Waals surface area contributed by atoms with E-state index in [1.54, 1.807) is 12.3 Å². The molecule has 1 fully saturated rings. The third-order valence-corrected chi connectivity index (χ3v) is 12.8. The molecule has 57 heavy (non-hydrogen) atoms. The largest absolute Gasteiger partial charge is 0.493 e. The van der Waals surface area contributed by atoms with Gasteiger partial charge in [0, 0.05) is 30.9 Å². The number of carbonyl (C=O) groups is 2. The number of rotatable bonds is 11. The lowest BCUT2D eigenvalue weighted by atomic mass is 9.83. The van der Waals surface area contributed by atoms with Gasteiger partial charge in [-0.3, -0.25) is 14.7 Å². The van der Waals surface area contributed by atoms with Crippen LogP contribution in [0.15, 0.2) is 91.1 Å². The van der Waals surface area contributed by atoms with Gasteiger partial charge in [0.15, 0.2) is 0 Å². The number of nitrogens with zero attached hydrogens (tertiary/aromatic N) is 2. The molecule has 1 aliphatic carbocycles. The molecule has 1 aromatic heterocycles. The third kappa shape index (κ3) is 8.69. The Labute approximate surface area is 344 Å². The van der Waals surface area contributed by atoms with E-state index in [-0.39, 0.29) is 18.2 Å². The first-order valence-corrected chi connectivity index (χ1v) is 20.6. The molecule has 10 heteroatoms. The van der Waals surface area contributed by atoms with E-state index in [9.17, 15) is 14.7 Å². The van der Waals surface area contributed by atoms with E-state index in [2.05, 4.69) is 46.4 Å². The Kier molecular flexibility index (Phi) is 11.6. The van der Waals surface area contributed by atoms with Crippen molar-refractivity contribution in [2.75, 3.05) is 6.61 Å². The van der Waals surface area contributed by atoms with Crippen LogP contribution in [-0.4, -0.2) is 51.6 Å². The summed E-state index contributed by atoms with van der Waals surface area (Å²) in [6, 6.07) is 27.0. The molecule has 8 nitrogen and oxygen atoms in total. The van der Waals surface area contributed by atoms with Crippen LogP contribution in [0.5, 0.6) is 11.5 Å². The van der Waals surface area contributed by atoms with Gasteiger partial charge in [-0.25, -0.2) is 4.79 Å². The minimum absolute atomic E-state index is 0.194. The second-order valence-electron chi connectivity index (χ2n) is 15.7. The smallest absolute Gasteiger partial charge is 0.326 e. The number of nitrogens with one attached hydrogen (secondary N) is 1. The van der Waals surface area contributed by atoms with Gasteiger partial charge < -0.3 is 19.9 Å². The Morgan fingerprint density at radius 1 is 0.895 bits per heavy atom. The number of carboxylic acids is 1. The topological polar surface area (TPSA) is 101 Å². The Morgan fingerprint density at radius 3 is 2.39 bits per heavy atom. The SMILES string of the molecule is Cc1nccc(-c2ccc(C[C@H](NC(=O)[C@@H]3Cc4cc5c(cc4CN3C3CCC3)C[C@H](c3ccc(OCc4ccc(Cl)c(Cl)c4)cc3)CCO5)C(=O)O)cc2)c1C. The maximum absolute atomic E-state index is 14.1. The van der Waals surface area contributed by atoms with Crippen LogP contribution in [0.25, 0.3) is 11.1 Å². The molecule has 2 N–H and O–H groups in total. The molecule has 294 valence electrons. The third-order valence-electron chi connectivity index (χ3n) is 12.1. The lowest BCUT2D eigenvalue weighted by Gasteiger charge is -2.45. The fourth-order valence-corrected chi connectivity index (χ4v) is 8.72. The van der Waals surface area contributed by atoms with E-state index in [1.807, 2.05) is 61.5 Å². The maximum Gasteiger partial charge on any atom is 0.326 e. The van der Waals surface area contributed by atoms with Gasteiger partial charge in [-0.1, -0.05) is 78.2 Å². The van der Waals surface area contributed by atoms with Crippen LogP contribution in [0.1, 0.15) is 76.2 Å². The number of fused-ring (bicyclic) bond motifs is 2. The van der Waals surface area contributed by atoms with Gasteiger partial charge in [-0.05, 0) is 138 Å². The molecule has 5 aromatic rings. The molecule has 1 saturated carbocycles. The van der Waals surface area contributed by atoms with Gasteiger partial charge in [-0.2, -0.15) is 0 Å². The fourth-order valence-electron chi connectivity index (χ4n) is 8.40. The van der Waals surface area contributed by atoms with Crippen molar-refractivity contribution in [3.05, 3.63) is 146 Å². The number of aryl methyl sites for hydroxylation is 1. The van der Waals surface area contributed by atoms with E-state index in [4.69, 9.17) is 32.7 Å². The van der Waals surface area contributed by atoms with Crippen LogP contribution in [-0.2, 0) is 42.0 Å². The predicted molar refractivity (Wildman–Crippen MR) is 223 cm³/mol. The Hall–Kier alpha value is -4.89. The molecule has 2 aliphatic heterocycles. The van der Waals surface area contributed by atoms with Crippen LogP contribution in [0, 0.1) is 13.8 Å². The van der Waals surface area contributed by atoms with Gasteiger partial charge >= 0.3 is 5.97 Å². The van der Waals surface area contributed by atoms with Crippen molar-refractivity contribution in [2.24, 2.45) is 0 Å². The molecule has 0 unspecified atom stereocenters. The number of halogens is 2. The summed E-state index contributed by atoms with van der Waals surface area (Å²) < 4.78 is 12.4. The summed E-state index contributed by atoms with van der Waals surface area (Å²) in [4.78, 5) is 33.3. The zero-order chi connectivity index (χ0) is 39.6. The molecule has 0 bridgehead atoms. The molecular weight excluding hydrogens is 757 g/mol. The number of amides is 1. The van der Waals surface area contributed by atoms with Gasteiger partial charge in [0.25, 0.3) is 0 Å². The van der Waals surface area contributed by atoms with Crippen molar-refractivity contribution in [3.8, 4) is 22.6 Å². The van der Waals surface area contributed by atoms with Crippen LogP contribution < -0.4 is 14.8 Å². The van der Waals surface area contributed by atoms with Crippen molar-refractivity contribution in [1.82, 2.24) is 15.2 Å². The summed E-state index contributed by atoms with van der Waals surface area (Å²) in [6.45, 7) is 5.68. The zero-order valence-corrected chi connectivity index (χ0v) is 33.8. The minimum atomic E-state index is -1.05. The monoisotopic (exact) mass is 803 g/mol. The van der Waals surface area contributed by atoms with Crippen molar-refractivity contribution in [3.63, 3.8) is 0 Å². The van der Waals surface area contributed by atoms with Crippen LogP contribution in [0.3, 0.4) is 0 Å². The van der Waals surface area contributed by atoms with E-state index >= 15 is 0 Å². The summed E-state index contributed by atoms with van der Waals surface area (Å²) in [6.07, 6.45) is 7.44. The number of carbonyl (C=O) groups excluding carboxylic acids is 1. The summed E-state index contributed by atoms with van der Waals surface area (Å²) in [7, 11) is 0. The first-order chi connectivity index (χ1) is 27.6. The molecule has 3 atom stereocenters. The van der Waals surface area contributed by atoms with Crippen molar-refractivity contribution in [2.45, 2.75) is 96.0 Å². The van der Waals surface area contributed by atoms with E-state index in [1.165, 1.54) is 16.7 Å². The van der Waals surface area contributed by atoms with E-state index in [0.29, 0.717) is 42.3 Å². The van der Waals surface area contributed by atoms with E-state index < -0.39 is 18.1 Å². The number of aromatic nitrogens is 1. The lowest BCUT2D eigenvalue weighted by molar-refractivity contribution is -0.143. The van der Waals surface area contributed by atoms with Gasteiger partial charge in [-0.15, -0.1) is 0 Å². The zero-order valence-electron chi connectivity index (χ0n) is 32.3. The number of hydrogen-bond donors (Lipinski definition) is 2. The summed E-state index contributed by atoms with van der Waals surface area (Å²) in [5.41, 5.74) is 10.8. The standard InChI is InChI=1S/C47H47Cl2N3O5/c1-28-29(2)50-18-16-40(28)33-9-6-30(7-10-33)21-43(47(54)55)51-46(53)44-24-35-25-45-36(23-37(35)26-52(44)38-4-3-5-38)22-34(17-19-56-45)32-11-13-39(14-12-32)57-27-31-8-15-41(48)42(49)20-31/h6-16,18,20,23,25,34,38,43-44H,3-5,17,19,21-22,24,26-27H2,1-2H3,(H,51,53)(H,54,55)/t34-,43+,44+/m1/s1. The normalized spacial score (nSPS) is 18.6. The summed E-state index contributed by atoms with van der Waals surface area (Å²) in [5.74, 6) is 0.664. The Balaban J connectivity index is 0.945. The first-order valence-electron chi connectivity index (χ1n) is 19.8. The molecular formula is C47H47Cl2N3O5. The number of carboxylic acid groups (broad SMARTS) is 1. The average molecular weight is 805 g/mol. The van der Waals surface area contributed by atoms with Gasteiger partial charge in [0.05, 0.1) is 22.7 Å². The van der Waals surface area contributed by atoms with Gasteiger partial charge in [0.1, 0.15) is 24.1 Å². The molecule has 3 aliphatic rings. The second kappa shape index (κ2) is 16.9. The molecule has 0 spiro atoms. The van der Waals surface area contributed by atoms with Crippen molar-refractivity contribution >= 4 is 35.1 Å². The molecule has 8 rings (SSSR count). The van der Waals surface area contributed by atoms with Crippen molar-refractivity contribution < 1.29 is 24.2 Å². The molecule has 3 heterocycles.